The molecular weight excluding hydrogens is 333 g/mol. The second-order valence-corrected chi connectivity index (χ2v) is 7.76. The molecule has 2 fully saturated rings. The summed E-state index contributed by atoms with van der Waals surface area (Å²) in [4.78, 5) is 22.3. The van der Waals surface area contributed by atoms with Crippen molar-refractivity contribution in [2.24, 2.45) is 16.8 Å². The van der Waals surface area contributed by atoms with Gasteiger partial charge in [0.15, 0.2) is 0 Å². The molecule has 3 aliphatic rings. The Morgan fingerprint density at radius 2 is 2.08 bits per heavy atom. The van der Waals surface area contributed by atoms with Gasteiger partial charge in [0.25, 0.3) is 5.91 Å². The first-order chi connectivity index (χ1) is 12.5. The fourth-order valence-electron chi connectivity index (χ4n) is 4.99. The van der Waals surface area contributed by atoms with Gasteiger partial charge in [-0.15, -0.1) is 0 Å². The molecular formula is C20H26FN3O2. The van der Waals surface area contributed by atoms with Crippen molar-refractivity contribution in [3.8, 4) is 0 Å². The summed E-state index contributed by atoms with van der Waals surface area (Å²) < 4.78 is 18.3. The van der Waals surface area contributed by atoms with E-state index in [4.69, 9.17) is 9.73 Å². The lowest BCUT2D eigenvalue weighted by atomic mass is 9.85. The Hall–Kier alpha value is -1.79. The number of amidine groups is 1. The molecule has 2 heterocycles. The Morgan fingerprint density at radius 1 is 1.31 bits per heavy atom. The Labute approximate surface area is 153 Å². The van der Waals surface area contributed by atoms with Crippen molar-refractivity contribution in [3.05, 3.63) is 35.6 Å². The van der Waals surface area contributed by atoms with Crippen LogP contribution in [0.15, 0.2) is 29.3 Å². The predicted molar refractivity (Wildman–Crippen MR) is 97.3 cm³/mol. The maximum absolute atomic E-state index is 13.2. The van der Waals surface area contributed by atoms with E-state index in [0.29, 0.717) is 19.1 Å². The highest BCUT2D eigenvalue weighted by atomic mass is 19.1. The number of rotatable bonds is 5. The highest BCUT2D eigenvalue weighted by Gasteiger charge is 2.60. The number of hydrogen-bond donors (Lipinski definition) is 0. The van der Waals surface area contributed by atoms with Crippen LogP contribution in [0.2, 0.25) is 0 Å². The normalized spacial score (nSPS) is 31.1. The third-order valence-electron chi connectivity index (χ3n) is 6.23. The van der Waals surface area contributed by atoms with Crippen LogP contribution < -0.4 is 0 Å². The molecule has 1 spiro atoms. The SMILES string of the molecule is COCCN1C(=O)[C@]2(CC[C@@H]3CN(Cc4ccc(F)cc4)C[C@@H]32)N=C1C. The number of halogens is 1. The smallest absolute Gasteiger partial charge is 0.256 e. The highest BCUT2D eigenvalue weighted by molar-refractivity contribution is 6.07. The Bertz CT molecular complexity index is 720. The molecule has 140 valence electrons. The zero-order chi connectivity index (χ0) is 18.3. The molecule has 1 aliphatic carbocycles. The summed E-state index contributed by atoms with van der Waals surface area (Å²) in [6, 6.07) is 6.70. The van der Waals surface area contributed by atoms with Crippen LogP contribution >= 0.6 is 0 Å². The van der Waals surface area contributed by atoms with Gasteiger partial charge in [0.2, 0.25) is 0 Å². The molecule has 2 aliphatic heterocycles. The van der Waals surface area contributed by atoms with Gasteiger partial charge in [0, 0.05) is 32.7 Å². The lowest BCUT2D eigenvalue weighted by Crippen LogP contribution is -2.47. The molecule has 3 atom stereocenters. The third-order valence-corrected chi connectivity index (χ3v) is 6.23. The standard InChI is InChI=1S/C20H26FN3O2/c1-14-22-20(19(25)24(14)9-10-26-2)8-7-16-12-23(13-18(16)20)11-15-3-5-17(21)6-4-15/h3-6,16,18H,7-13H2,1-2H3/t16-,18+,20-/m1/s1. The number of benzene rings is 1. The fourth-order valence-corrected chi connectivity index (χ4v) is 4.99. The van der Waals surface area contributed by atoms with Crippen molar-refractivity contribution in [2.75, 3.05) is 33.4 Å². The van der Waals surface area contributed by atoms with Crippen LogP contribution in [0, 0.1) is 17.7 Å². The first-order valence-corrected chi connectivity index (χ1v) is 9.37. The van der Waals surface area contributed by atoms with Gasteiger partial charge < -0.3 is 4.74 Å². The molecule has 1 saturated carbocycles. The average Bonchev–Trinajstić information content (AvgIpc) is 3.24. The largest absolute Gasteiger partial charge is 0.383 e. The average molecular weight is 359 g/mol. The van der Waals surface area contributed by atoms with E-state index < -0.39 is 5.54 Å². The molecule has 1 aromatic rings. The summed E-state index contributed by atoms with van der Waals surface area (Å²) in [5, 5.41) is 0. The Kier molecular flexibility index (Phi) is 4.57. The van der Waals surface area contributed by atoms with Crippen LogP contribution in [-0.4, -0.2) is 60.4 Å². The number of aliphatic imine (C=N–C) groups is 1. The first-order valence-electron chi connectivity index (χ1n) is 9.37. The minimum absolute atomic E-state index is 0.156. The number of amides is 1. The van der Waals surface area contributed by atoms with Crippen LogP contribution in [0.5, 0.6) is 0 Å². The van der Waals surface area contributed by atoms with Gasteiger partial charge in [-0.05, 0) is 43.4 Å². The molecule has 1 amide bonds. The van der Waals surface area contributed by atoms with Crippen molar-refractivity contribution in [1.29, 1.82) is 0 Å². The number of ether oxygens (including phenoxy) is 1. The van der Waals surface area contributed by atoms with E-state index in [1.807, 2.05) is 19.1 Å². The molecule has 4 rings (SSSR count). The zero-order valence-electron chi connectivity index (χ0n) is 15.4. The van der Waals surface area contributed by atoms with E-state index in [0.717, 1.165) is 43.9 Å². The molecule has 0 N–H and O–H groups in total. The number of carbonyl (C=O) groups excluding carboxylic acids is 1. The zero-order valence-corrected chi connectivity index (χ0v) is 15.4. The van der Waals surface area contributed by atoms with Crippen molar-refractivity contribution >= 4 is 11.7 Å². The topological polar surface area (TPSA) is 45.1 Å². The van der Waals surface area contributed by atoms with Crippen LogP contribution in [0.1, 0.15) is 25.3 Å². The molecule has 5 nitrogen and oxygen atoms in total. The maximum atomic E-state index is 13.2. The quantitative estimate of drug-likeness (QED) is 0.810. The molecule has 0 radical (unpaired) electrons. The molecule has 6 heteroatoms. The van der Waals surface area contributed by atoms with Gasteiger partial charge in [-0.1, -0.05) is 12.1 Å². The van der Waals surface area contributed by atoms with Crippen molar-refractivity contribution in [3.63, 3.8) is 0 Å². The first kappa shape index (κ1) is 17.6. The van der Waals surface area contributed by atoms with Crippen LogP contribution in [0.3, 0.4) is 0 Å². The van der Waals surface area contributed by atoms with E-state index in [1.54, 1.807) is 12.0 Å². The highest BCUT2D eigenvalue weighted by Crippen LogP contribution is 2.50. The maximum Gasteiger partial charge on any atom is 0.256 e. The lowest BCUT2D eigenvalue weighted by Gasteiger charge is -2.28. The fraction of sp³-hybridized carbons (Fsp3) is 0.600. The molecule has 0 bridgehead atoms. The Balaban J connectivity index is 1.48. The molecule has 1 saturated heterocycles. The summed E-state index contributed by atoms with van der Waals surface area (Å²) in [5.41, 5.74) is 0.541. The summed E-state index contributed by atoms with van der Waals surface area (Å²) in [6.45, 7) is 5.70. The van der Waals surface area contributed by atoms with E-state index >= 15 is 0 Å². The number of fused-ring (bicyclic) bond motifs is 2. The molecule has 0 aromatic heterocycles. The minimum Gasteiger partial charge on any atom is -0.383 e. The predicted octanol–water partition coefficient (Wildman–Crippen LogP) is 2.31. The van der Waals surface area contributed by atoms with Gasteiger partial charge in [-0.3, -0.25) is 19.6 Å². The van der Waals surface area contributed by atoms with Gasteiger partial charge in [0.05, 0.1) is 13.2 Å². The number of methoxy groups -OCH3 is 1. The van der Waals surface area contributed by atoms with Gasteiger partial charge in [-0.2, -0.15) is 0 Å². The molecule has 1 aromatic carbocycles. The second-order valence-electron chi connectivity index (χ2n) is 7.76. The Morgan fingerprint density at radius 3 is 2.81 bits per heavy atom. The monoisotopic (exact) mass is 359 g/mol. The summed E-state index contributed by atoms with van der Waals surface area (Å²) in [5.74, 6) is 1.56. The summed E-state index contributed by atoms with van der Waals surface area (Å²) >= 11 is 0. The number of nitrogens with zero attached hydrogens (tertiary/aromatic N) is 3. The van der Waals surface area contributed by atoms with E-state index in [-0.39, 0.29) is 17.6 Å². The third kappa shape index (κ3) is 2.85. The van der Waals surface area contributed by atoms with Gasteiger partial charge in [0.1, 0.15) is 17.2 Å². The number of carbonyl (C=O) groups is 1. The van der Waals surface area contributed by atoms with Crippen LogP contribution in [0.25, 0.3) is 0 Å². The minimum atomic E-state index is -0.569. The molecule has 0 unspecified atom stereocenters. The van der Waals surface area contributed by atoms with Crippen LogP contribution in [-0.2, 0) is 16.1 Å². The van der Waals surface area contributed by atoms with Crippen LogP contribution in [0.4, 0.5) is 4.39 Å². The van der Waals surface area contributed by atoms with Gasteiger partial charge >= 0.3 is 0 Å². The summed E-state index contributed by atoms with van der Waals surface area (Å²) in [6.07, 6.45) is 1.90. The van der Waals surface area contributed by atoms with E-state index in [2.05, 4.69) is 4.90 Å². The number of likely N-dealkylation sites (tertiary alicyclic amines) is 1. The van der Waals surface area contributed by atoms with Crippen molar-refractivity contribution < 1.29 is 13.9 Å². The second kappa shape index (κ2) is 6.74. The van der Waals surface area contributed by atoms with Crippen molar-refractivity contribution in [1.82, 2.24) is 9.80 Å². The summed E-state index contributed by atoms with van der Waals surface area (Å²) in [7, 11) is 1.65. The van der Waals surface area contributed by atoms with E-state index in [1.165, 1.54) is 12.1 Å². The van der Waals surface area contributed by atoms with Crippen molar-refractivity contribution in [2.45, 2.75) is 31.8 Å². The lowest BCUT2D eigenvalue weighted by molar-refractivity contribution is -0.132. The van der Waals surface area contributed by atoms with Gasteiger partial charge in [-0.25, -0.2) is 4.39 Å². The van der Waals surface area contributed by atoms with E-state index in [9.17, 15) is 9.18 Å². The number of hydrogen-bond acceptors (Lipinski definition) is 4. The molecule has 26 heavy (non-hydrogen) atoms.